The van der Waals surface area contributed by atoms with E-state index in [1.807, 2.05) is 19.9 Å². The van der Waals surface area contributed by atoms with Crippen molar-refractivity contribution in [3.05, 3.63) is 12.4 Å². The van der Waals surface area contributed by atoms with Crippen LogP contribution in [0.15, 0.2) is 12.4 Å². The monoisotopic (exact) mass is 252 g/mol. The average Bonchev–Trinajstić information content (AvgIpc) is 2.33. The van der Waals surface area contributed by atoms with Crippen molar-refractivity contribution in [2.75, 3.05) is 18.4 Å². The summed E-state index contributed by atoms with van der Waals surface area (Å²) in [6.07, 6.45) is 6.29. The van der Waals surface area contributed by atoms with E-state index < -0.39 is 0 Å². The maximum absolute atomic E-state index is 5.51. The van der Waals surface area contributed by atoms with Gasteiger partial charge < -0.3 is 15.8 Å². The van der Waals surface area contributed by atoms with E-state index >= 15 is 0 Å². The van der Waals surface area contributed by atoms with Crippen LogP contribution in [-0.4, -0.2) is 29.2 Å². The van der Waals surface area contributed by atoms with Crippen molar-refractivity contribution >= 4 is 5.82 Å². The Labute approximate surface area is 109 Å². The van der Waals surface area contributed by atoms with Crippen molar-refractivity contribution in [2.45, 2.75) is 45.6 Å². The number of aromatic nitrogens is 2. The first-order chi connectivity index (χ1) is 8.72. The van der Waals surface area contributed by atoms with Crippen LogP contribution in [0.1, 0.15) is 39.5 Å². The van der Waals surface area contributed by atoms with Crippen LogP contribution in [0.4, 0.5) is 5.82 Å². The van der Waals surface area contributed by atoms with Crippen LogP contribution in [0.2, 0.25) is 0 Å². The molecule has 18 heavy (non-hydrogen) atoms. The molecule has 0 saturated carbocycles. The molecule has 0 aliphatic heterocycles. The molecule has 0 aromatic carbocycles. The summed E-state index contributed by atoms with van der Waals surface area (Å²) in [7, 11) is 0. The first-order valence-corrected chi connectivity index (χ1v) is 6.65. The summed E-state index contributed by atoms with van der Waals surface area (Å²) < 4.78 is 5.51. The second-order valence-electron chi connectivity index (χ2n) is 4.54. The van der Waals surface area contributed by atoms with Gasteiger partial charge in [0, 0.05) is 12.6 Å². The zero-order valence-corrected chi connectivity index (χ0v) is 11.4. The first kappa shape index (κ1) is 14.7. The minimum absolute atomic E-state index is 0.129. The Morgan fingerprint density at radius 3 is 2.72 bits per heavy atom. The maximum atomic E-state index is 5.51. The summed E-state index contributed by atoms with van der Waals surface area (Å²) in [6, 6.07) is 1.83. The molecule has 0 amide bonds. The van der Waals surface area contributed by atoms with Gasteiger partial charge in [0.15, 0.2) is 0 Å². The third-order valence-electron chi connectivity index (χ3n) is 2.44. The molecule has 5 heteroatoms. The van der Waals surface area contributed by atoms with Crippen molar-refractivity contribution in [3.63, 3.8) is 0 Å². The van der Waals surface area contributed by atoms with Gasteiger partial charge >= 0.3 is 0 Å². The van der Waals surface area contributed by atoms with Gasteiger partial charge in [0.1, 0.15) is 12.1 Å². The van der Waals surface area contributed by atoms with Crippen molar-refractivity contribution in [2.24, 2.45) is 5.73 Å². The van der Waals surface area contributed by atoms with E-state index in [9.17, 15) is 0 Å². The third kappa shape index (κ3) is 6.39. The molecule has 0 bridgehead atoms. The fourth-order valence-corrected chi connectivity index (χ4v) is 1.58. The highest BCUT2D eigenvalue weighted by Gasteiger charge is 2.01. The summed E-state index contributed by atoms with van der Waals surface area (Å²) in [5.74, 6) is 1.44. The van der Waals surface area contributed by atoms with E-state index in [1.54, 1.807) is 0 Å². The Balaban J connectivity index is 2.25. The minimum atomic E-state index is 0.129. The Morgan fingerprint density at radius 1 is 1.22 bits per heavy atom. The highest BCUT2D eigenvalue weighted by Crippen LogP contribution is 2.12. The number of hydrogen-bond donors (Lipinski definition) is 2. The lowest BCUT2D eigenvalue weighted by Crippen LogP contribution is -2.09. The SMILES string of the molecule is CC(C)Oc1cc(NCCCCCCN)ncn1. The quantitative estimate of drug-likeness (QED) is 0.659. The summed E-state index contributed by atoms with van der Waals surface area (Å²) in [5.41, 5.74) is 5.44. The first-order valence-electron chi connectivity index (χ1n) is 6.65. The van der Waals surface area contributed by atoms with Gasteiger partial charge in [-0.15, -0.1) is 0 Å². The molecule has 0 atom stereocenters. The number of unbranched alkanes of at least 4 members (excludes halogenated alkanes) is 3. The molecule has 0 radical (unpaired) electrons. The van der Waals surface area contributed by atoms with Crippen LogP contribution >= 0.6 is 0 Å². The van der Waals surface area contributed by atoms with Gasteiger partial charge in [-0.2, -0.15) is 0 Å². The van der Waals surface area contributed by atoms with Gasteiger partial charge in [0.05, 0.1) is 6.10 Å². The minimum Gasteiger partial charge on any atom is -0.475 e. The number of hydrogen-bond acceptors (Lipinski definition) is 5. The zero-order chi connectivity index (χ0) is 13.2. The average molecular weight is 252 g/mol. The van der Waals surface area contributed by atoms with Crippen molar-refractivity contribution in [1.29, 1.82) is 0 Å². The summed E-state index contributed by atoms with van der Waals surface area (Å²) >= 11 is 0. The normalized spacial score (nSPS) is 10.7. The molecule has 0 aliphatic carbocycles. The van der Waals surface area contributed by atoms with Crippen LogP contribution in [-0.2, 0) is 0 Å². The van der Waals surface area contributed by atoms with Crippen molar-refractivity contribution in [3.8, 4) is 5.88 Å². The number of nitrogens with zero attached hydrogens (tertiary/aromatic N) is 2. The molecule has 0 saturated heterocycles. The van der Waals surface area contributed by atoms with Crippen molar-refractivity contribution in [1.82, 2.24) is 9.97 Å². The molecular formula is C13H24N4O. The van der Waals surface area contributed by atoms with Crippen LogP contribution in [0.3, 0.4) is 0 Å². The molecule has 1 aromatic heterocycles. The summed E-state index contributed by atoms with van der Waals surface area (Å²) in [4.78, 5) is 8.22. The van der Waals surface area contributed by atoms with E-state index in [0.29, 0.717) is 5.88 Å². The standard InChI is InChI=1S/C13H24N4O/c1-11(2)18-13-9-12(16-10-17-13)15-8-6-4-3-5-7-14/h9-11H,3-8,14H2,1-2H3,(H,15,16,17). The fourth-order valence-electron chi connectivity index (χ4n) is 1.58. The molecule has 1 rings (SSSR count). The molecule has 0 spiro atoms. The van der Waals surface area contributed by atoms with E-state index in [4.69, 9.17) is 10.5 Å². The second kappa shape index (κ2) is 8.69. The van der Waals surface area contributed by atoms with Crippen LogP contribution < -0.4 is 15.8 Å². The van der Waals surface area contributed by atoms with E-state index in [2.05, 4.69) is 15.3 Å². The van der Waals surface area contributed by atoms with Gasteiger partial charge in [-0.1, -0.05) is 12.8 Å². The molecule has 0 aliphatic rings. The van der Waals surface area contributed by atoms with Gasteiger partial charge in [0.25, 0.3) is 0 Å². The van der Waals surface area contributed by atoms with Gasteiger partial charge in [0.2, 0.25) is 5.88 Å². The van der Waals surface area contributed by atoms with Crippen LogP contribution in [0.25, 0.3) is 0 Å². The fraction of sp³-hybridized carbons (Fsp3) is 0.692. The molecule has 1 aromatic rings. The Kier molecular flexibility index (Phi) is 7.10. The molecule has 0 fully saturated rings. The Hall–Kier alpha value is -1.36. The maximum Gasteiger partial charge on any atom is 0.218 e. The topological polar surface area (TPSA) is 73.1 Å². The van der Waals surface area contributed by atoms with Crippen LogP contribution in [0.5, 0.6) is 5.88 Å². The lowest BCUT2D eigenvalue weighted by Gasteiger charge is -2.10. The lowest BCUT2D eigenvalue weighted by molar-refractivity contribution is 0.232. The second-order valence-corrected chi connectivity index (χ2v) is 4.54. The largest absolute Gasteiger partial charge is 0.475 e. The molecule has 1 heterocycles. The Bertz CT molecular complexity index is 331. The number of anilines is 1. The van der Waals surface area contributed by atoms with E-state index in [0.717, 1.165) is 31.7 Å². The number of nitrogens with one attached hydrogen (secondary N) is 1. The zero-order valence-electron chi connectivity index (χ0n) is 11.4. The predicted molar refractivity (Wildman–Crippen MR) is 73.8 cm³/mol. The molecular weight excluding hydrogens is 228 g/mol. The highest BCUT2D eigenvalue weighted by atomic mass is 16.5. The van der Waals surface area contributed by atoms with Gasteiger partial charge in [-0.3, -0.25) is 0 Å². The number of ether oxygens (including phenoxy) is 1. The summed E-state index contributed by atoms with van der Waals surface area (Å²) in [6.45, 7) is 5.66. The molecule has 3 N–H and O–H groups in total. The third-order valence-corrected chi connectivity index (χ3v) is 2.44. The van der Waals surface area contributed by atoms with Crippen molar-refractivity contribution < 1.29 is 4.74 Å². The molecule has 0 unspecified atom stereocenters. The molecule has 5 nitrogen and oxygen atoms in total. The molecule has 102 valence electrons. The van der Waals surface area contributed by atoms with E-state index in [1.165, 1.54) is 19.2 Å². The Morgan fingerprint density at radius 2 is 2.00 bits per heavy atom. The van der Waals surface area contributed by atoms with Crippen LogP contribution in [0, 0.1) is 0 Å². The highest BCUT2D eigenvalue weighted by molar-refractivity contribution is 5.36. The number of nitrogens with two attached hydrogens (primary N) is 1. The smallest absolute Gasteiger partial charge is 0.218 e. The predicted octanol–water partition coefficient (Wildman–Crippen LogP) is 2.19. The van der Waals surface area contributed by atoms with Gasteiger partial charge in [-0.25, -0.2) is 9.97 Å². The van der Waals surface area contributed by atoms with Gasteiger partial charge in [-0.05, 0) is 33.2 Å². The lowest BCUT2D eigenvalue weighted by atomic mass is 10.2. The summed E-state index contributed by atoms with van der Waals surface area (Å²) in [5, 5.41) is 3.27. The van der Waals surface area contributed by atoms with E-state index in [-0.39, 0.29) is 6.10 Å². The number of rotatable bonds is 9.